The van der Waals surface area contributed by atoms with Crippen LogP contribution in [-0.4, -0.2) is 41.6 Å². The highest BCUT2D eigenvalue weighted by molar-refractivity contribution is 9.10. The van der Waals surface area contributed by atoms with Crippen LogP contribution in [0, 0.1) is 5.41 Å². The lowest BCUT2D eigenvalue weighted by Crippen LogP contribution is -2.47. The first kappa shape index (κ1) is 18.8. The zero-order valence-corrected chi connectivity index (χ0v) is 16.4. The molecule has 23 heavy (non-hydrogen) atoms. The van der Waals surface area contributed by atoms with Gasteiger partial charge in [-0.1, -0.05) is 0 Å². The number of nitrogens with zero attached hydrogens (tertiary/aromatic N) is 2. The number of nitrogens with one attached hydrogen (secondary N) is 1. The summed E-state index contributed by atoms with van der Waals surface area (Å²) in [7, 11) is 0. The van der Waals surface area contributed by atoms with Crippen LogP contribution in [0.5, 0.6) is 0 Å². The molecule has 0 atom stereocenters. The fourth-order valence-corrected chi connectivity index (χ4v) is 4.28. The molecule has 3 rings (SSSR count). The number of hydrogen-bond donors (Lipinski definition) is 1. The lowest BCUT2D eigenvalue weighted by Gasteiger charge is -2.44. The van der Waals surface area contributed by atoms with Gasteiger partial charge in [-0.3, -0.25) is 4.79 Å². The maximum absolute atomic E-state index is 12.9. The van der Waals surface area contributed by atoms with E-state index in [-0.39, 0.29) is 18.3 Å². The fraction of sp³-hybridized carbons (Fsp3) is 0.706. The number of amides is 1. The van der Waals surface area contributed by atoms with Crippen molar-refractivity contribution in [2.75, 3.05) is 26.2 Å². The molecule has 1 aromatic heterocycles. The largest absolute Gasteiger partial charge is 0.340 e. The van der Waals surface area contributed by atoms with E-state index in [2.05, 4.69) is 39.7 Å². The number of piperidine rings is 2. The number of likely N-dealkylation sites (tertiary alicyclic amines) is 1. The fourth-order valence-electron chi connectivity index (χ4n) is 3.85. The van der Waals surface area contributed by atoms with Crippen molar-refractivity contribution in [1.82, 2.24) is 14.8 Å². The van der Waals surface area contributed by atoms with E-state index in [1.807, 2.05) is 17.2 Å². The summed E-state index contributed by atoms with van der Waals surface area (Å²) in [5.41, 5.74) is 1.30. The van der Waals surface area contributed by atoms with Gasteiger partial charge in [-0.25, -0.2) is 0 Å². The Bertz CT molecular complexity index is 542. The predicted octanol–water partition coefficient (Wildman–Crippen LogP) is 3.86. The van der Waals surface area contributed by atoms with Gasteiger partial charge in [-0.15, -0.1) is 12.4 Å². The summed E-state index contributed by atoms with van der Waals surface area (Å²) in [5, 5.41) is 3.45. The van der Waals surface area contributed by atoms with Gasteiger partial charge in [0.25, 0.3) is 5.91 Å². The molecule has 1 aromatic rings. The number of carbonyl (C=O) groups excluding carboxylic acids is 1. The molecule has 0 aromatic carbocycles. The Morgan fingerprint density at radius 3 is 2.39 bits per heavy atom. The molecule has 1 amide bonds. The minimum Gasteiger partial charge on any atom is -0.340 e. The van der Waals surface area contributed by atoms with Gasteiger partial charge in [0.2, 0.25) is 0 Å². The van der Waals surface area contributed by atoms with E-state index in [0.717, 1.165) is 49.2 Å². The van der Waals surface area contributed by atoms with E-state index in [4.69, 9.17) is 0 Å². The average molecular weight is 405 g/mol. The van der Waals surface area contributed by atoms with Gasteiger partial charge < -0.3 is 14.8 Å². The summed E-state index contributed by atoms with van der Waals surface area (Å²) < 4.78 is 3.05. The normalized spacial score (nSPS) is 20.6. The molecule has 2 saturated heterocycles. The molecule has 1 spiro atoms. The molecule has 4 nitrogen and oxygen atoms in total. The topological polar surface area (TPSA) is 37.3 Å². The van der Waals surface area contributed by atoms with Crippen LogP contribution < -0.4 is 5.32 Å². The van der Waals surface area contributed by atoms with Gasteiger partial charge in [0.05, 0.1) is 0 Å². The van der Waals surface area contributed by atoms with Crippen molar-refractivity contribution in [2.45, 2.75) is 45.6 Å². The van der Waals surface area contributed by atoms with Crippen LogP contribution in [0.4, 0.5) is 0 Å². The molecule has 2 fully saturated rings. The van der Waals surface area contributed by atoms with Gasteiger partial charge >= 0.3 is 0 Å². The number of rotatable bonds is 2. The first-order valence-corrected chi connectivity index (χ1v) is 9.17. The highest BCUT2D eigenvalue weighted by Crippen LogP contribution is 2.39. The molecule has 0 unspecified atom stereocenters. The highest BCUT2D eigenvalue weighted by atomic mass is 79.9. The van der Waals surface area contributed by atoms with Crippen molar-refractivity contribution in [3.8, 4) is 0 Å². The Balaban J connectivity index is 0.00000192. The third kappa shape index (κ3) is 3.94. The summed E-state index contributed by atoms with van der Waals surface area (Å²) in [4.78, 5) is 14.9. The minimum absolute atomic E-state index is 0. The van der Waals surface area contributed by atoms with E-state index in [9.17, 15) is 4.79 Å². The molecule has 6 heteroatoms. The molecule has 0 radical (unpaired) electrons. The quantitative estimate of drug-likeness (QED) is 0.812. The van der Waals surface area contributed by atoms with Gasteiger partial charge in [0.15, 0.2) is 0 Å². The van der Waals surface area contributed by atoms with Crippen molar-refractivity contribution in [3.63, 3.8) is 0 Å². The number of carbonyl (C=O) groups is 1. The summed E-state index contributed by atoms with van der Waals surface area (Å²) in [6, 6.07) is 2.25. The summed E-state index contributed by atoms with van der Waals surface area (Å²) in [6.07, 6.45) is 6.86. The molecule has 2 aliphatic rings. The van der Waals surface area contributed by atoms with Crippen LogP contribution in [0.25, 0.3) is 0 Å². The number of hydrogen-bond acceptors (Lipinski definition) is 2. The number of aromatic nitrogens is 1. The Morgan fingerprint density at radius 1 is 1.22 bits per heavy atom. The van der Waals surface area contributed by atoms with Gasteiger partial charge in [-0.2, -0.15) is 0 Å². The number of halogens is 2. The lowest BCUT2D eigenvalue weighted by atomic mass is 9.71. The summed E-state index contributed by atoms with van der Waals surface area (Å²) in [5.74, 6) is 0.184. The van der Waals surface area contributed by atoms with E-state index < -0.39 is 0 Å². The van der Waals surface area contributed by atoms with Gasteiger partial charge in [0.1, 0.15) is 5.69 Å². The molecule has 0 bridgehead atoms. The summed E-state index contributed by atoms with van der Waals surface area (Å²) in [6.45, 7) is 8.31. The van der Waals surface area contributed by atoms with Crippen molar-refractivity contribution in [1.29, 1.82) is 0 Å². The third-order valence-corrected chi connectivity index (χ3v) is 5.80. The molecule has 3 heterocycles. The van der Waals surface area contributed by atoms with Crippen molar-refractivity contribution < 1.29 is 4.79 Å². The average Bonchev–Trinajstić information content (AvgIpc) is 2.90. The summed E-state index contributed by atoms with van der Waals surface area (Å²) >= 11 is 3.50. The second kappa shape index (κ2) is 7.58. The molecular formula is C17H27BrClN3O. The van der Waals surface area contributed by atoms with Crippen LogP contribution >= 0.6 is 28.3 Å². The van der Waals surface area contributed by atoms with E-state index in [0.29, 0.717) is 11.5 Å². The Hall–Kier alpha value is -0.520. The second-order valence-electron chi connectivity index (χ2n) is 7.09. The van der Waals surface area contributed by atoms with Crippen LogP contribution in [0.3, 0.4) is 0 Å². The van der Waals surface area contributed by atoms with Crippen LogP contribution in [0.1, 0.15) is 56.1 Å². The standard InChI is InChI=1S/C17H26BrN3O.ClH/c1-13(2)21-12-14(18)11-15(21)16(22)20-9-5-17(6-10-20)3-7-19-8-4-17;/h11-13,19H,3-10H2,1-2H3;1H. The lowest BCUT2D eigenvalue weighted by molar-refractivity contribution is 0.0485. The van der Waals surface area contributed by atoms with Gasteiger partial charge in [-0.05, 0) is 80.0 Å². The Labute approximate surface area is 153 Å². The zero-order chi connectivity index (χ0) is 15.7. The van der Waals surface area contributed by atoms with Crippen molar-refractivity contribution in [2.24, 2.45) is 5.41 Å². The van der Waals surface area contributed by atoms with Crippen LogP contribution in [0.2, 0.25) is 0 Å². The zero-order valence-electron chi connectivity index (χ0n) is 14.0. The molecular weight excluding hydrogens is 378 g/mol. The molecule has 130 valence electrons. The SMILES string of the molecule is CC(C)n1cc(Br)cc1C(=O)N1CCC2(CCNCC2)CC1.Cl. The second-order valence-corrected chi connectivity index (χ2v) is 8.00. The molecule has 0 saturated carbocycles. The van der Waals surface area contributed by atoms with E-state index >= 15 is 0 Å². The highest BCUT2D eigenvalue weighted by Gasteiger charge is 2.37. The Morgan fingerprint density at radius 2 is 1.83 bits per heavy atom. The molecule has 0 aliphatic carbocycles. The van der Waals surface area contributed by atoms with E-state index in [1.165, 1.54) is 12.8 Å². The maximum Gasteiger partial charge on any atom is 0.270 e. The van der Waals surface area contributed by atoms with Crippen molar-refractivity contribution in [3.05, 3.63) is 22.4 Å². The smallest absolute Gasteiger partial charge is 0.270 e. The van der Waals surface area contributed by atoms with Crippen LogP contribution in [0.15, 0.2) is 16.7 Å². The third-order valence-electron chi connectivity index (χ3n) is 5.37. The maximum atomic E-state index is 12.9. The van der Waals surface area contributed by atoms with Gasteiger partial charge in [0, 0.05) is 29.8 Å². The monoisotopic (exact) mass is 403 g/mol. The predicted molar refractivity (Wildman–Crippen MR) is 99.4 cm³/mol. The first-order chi connectivity index (χ1) is 10.5. The van der Waals surface area contributed by atoms with Crippen molar-refractivity contribution >= 4 is 34.2 Å². The van der Waals surface area contributed by atoms with Crippen LogP contribution in [-0.2, 0) is 0 Å². The molecule has 1 N–H and O–H groups in total. The molecule has 2 aliphatic heterocycles. The van der Waals surface area contributed by atoms with E-state index in [1.54, 1.807) is 0 Å². The first-order valence-electron chi connectivity index (χ1n) is 8.38. The Kier molecular flexibility index (Phi) is 6.20. The minimum atomic E-state index is 0.